The third kappa shape index (κ3) is 2.77. The van der Waals surface area contributed by atoms with Crippen LogP contribution in [0.2, 0.25) is 0 Å². The summed E-state index contributed by atoms with van der Waals surface area (Å²) in [5, 5.41) is 9.02. The van der Waals surface area contributed by atoms with Gasteiger partial charge in [-0.15, -0.1) is 11.3 Å². The zero-order valence-corrected chi connectivity index (χ0v) is 14.0. The number of benzene rings is 1. The van der Waals surface area contributed by atoms with Crippen molar-refractivity contribution in [3.8, 4) is 0 Å². The molecule has 0 radical (unpaired) electrons. The van der Waals surface area contributed by atoms with Crippen LogP contribution in [-0.4, -0.2) is 34.0 Å². The van der Waals surface area contributed by atoms with Gasteiger partial charge in [0.15, 0.2) is 0 Å². The maximum atomic E-state index is 12.8. The molecule has 0 spiro atoms. The molecule has 1 aliphatic heterocycles. The van der Waals surface area contributed by atoms with Crippen LogP contribution < -0.4 is 0 Å². The summed E-state index contributed by atoms with van der Waals surface area (Å²) in [5.74, 6) is -0.783. The highest BCUT2D eigenvalue weighted by Crippen LogP contribution is 2.42. The second-order valence-corrected chi connectivity index (χ2v) is 7.42. The summed E-state index contributed by atoms with van der Waals surface area (Å²) in [7, 11) is 0. The highest BCUT2D eigenvalue weighted by molar-refractivity contribution is 7.15. The van der Waals surface area contributed by atoms with Crippen LogP contribution >= 0.6 is 11.3 Å². The first-order chi connectivity index (χ1) is 10.9. The summed E-state index contributed by atoms with van der Waals surface area (Å²) in [6.07, 6.45) is 0.917. The van der Waals surface area contributed by atoms with E-state index in [1.165, 1.54) is 11.6 Å². The van der Waals surface area contributed by atoms with Crippen LogP contribution in [0.15, 0.2) is 42.5 Å². The maximum absolute atomic E-state index is 12.8. The summed E-state index contributed by atoms with van der Waals surface area (Å²) < 4.78 is 0. The van der Waals surface area contributed by atoms with E-state index in [2.05, 4.69) is 26.0 Å². The lowest BCUT2D eigenvalue weighted by Gasteiger charge is -2.36. The molecule has 23 heavy (non-hydrogen) atoms. The lowest BCUT2D eigenvalue weighted by Crippen LogP contribution is -2.45. The van der Waals surface area contributed by atoms with E-state index in [4.69, 9.17) is 5.11 Å². The lowest BCUT2D eigenvalue weighted by molar-refractivity contribution is 0.0639. The van der Waals surface area contributed by atoms with Crippen molar-refractivity contribution in [1.82, 2.24) is 4.90 Å². The number of likely N-dealkylation sites (tertiary alicyclic amines) is 1. The molecule has 1 unspecified atom stereocenters. The minimum absolute atomic E-state index is 0.0778. The third-order valence-electron chi connectivity index (χ3n) is 4.66. The fourth-order valence-corrected chi connectivity index (χ4v) is 4.21. The average molecular weight is 329 g/mol. The molecule has 120 valence electrons. The van der Waals surface area contributed by atoms with Crippen LogP contribution in [0.1, 0.15) is 51.1 Å². The van der Waals surface area contributed by atoms with Crippen molar-refractivity contribution >= 4 is 23.2 Å². The number of carbonyl (C=O) groups is 2. The van der Waals surface area contributed by atoms with E-state index >= 15 is 0 Å². The van der Waals surface area contributed by atoms with Gasteiger partial charge in [-0.25, -0.2) is 4.79 Å². The van der Waals surface area contributed by atoms with Gasteiger partial charge in [0.2, 0.25) is 0 Å². The summed E-state index contributed by atoms with van der Waals surface area (Å²) in [6.45, 7) is 4.86. The van der Waals surface area contributed by atoms with Crippen molar-refractivity contribution in [2.24, 2.45) is 0 Å². The Morgan fingerprint density at radius 3 is 2.39 bits per heavy atom. The van der Waals surface area contributed by atoms with Gasteiger partial charge in [-0.1, -0.05) is 30.3 Å². The summed E-state index contributed by atoms with van der Waals surface area (Å²) in [5.41, 5.74) is 0.941. The molecule has 3 rings (SSSR count). The van der Waals surface area contributed by atoms with Gasteiger partial charge in [0.1, 0.15) is 4.88 Å². The predicted molar refractivity (Wildman–Crippen MR) is 90.2 cm³/mol. The number of thiophene rings is 1. The van der Waals surface area contributed by atoms with Crippen LogP contribution in [0.4, 0.5) is 0 Å². The summed E-state index contributed by atoms with van der Waals surface area (Å²) in [4.78, 5) is 26.4. The highest BCUT2D eigenvalue weighted by Gasteiger charge is 2.44. The number of carbonyl (C=O) groups excluding carboxylic acids is 1. The SMILES string of the molecule is CC1(C)C(c2ccccc2)CCN1C(=O)c1ccc(C(=O)O)s1. The molecule has 0 aliphatic carbocycles. The number of nitrogens with zero attached hydrogens (tertiary/aromatic N) is 1. The van der Waals surface area contributed by atoms with Crippen LogP contribution in [0, 0.1) is 0 Å². The van der Waals surface area contributed by atoms with Crippen molar-refractivity contribution in [2.45, 2.75) is 31.7 Å². The Morgan fingerprint density at radius 1 is 1.13 bits per heavy atom. The Kier molecular flexibility index (Phi) is 3.98. The van der Waals surface area contributed by atoms with Crippen molar-refractivity contribution in [2.75, 3.05) is 6.54 Å². The molecule has 1 aromatic heterocycles. The van der Waals surface area contributed by atoms with Gasteiger partial charge in [0.25, 0.3) is 5.91 Å². The quantitative estimate of drug-likeness (QED) is 0.930. The van der Waals surface area contributed by atoms with Crippen LogP contribution in [0.3, 0.4) is 0 Å². The molecule has 1 atom stereocenters. The Morgan fingerprint density at radius 2 is 1.78 bits per heavy atom. The Bertz CT molecular complexity index is 736. The van der Waals surface area contributed by atoms with E-state index in [0.29, 0.717) is 11.4 Å². The first kappa shape index (κ1) is 15.7. The van der Waals surface area contributed by atoms with E-state index in [1.807, 2.05) is 23.1 Å². The molecular formula is C18H19NO3S. The van der Waals surface area contributed by atoms with Crippen molar-refractivity contribution in [3.63, 3.8) is 0 Å². The molecule has 0 bridgehead atoms. The van der Waals surface area contributed by atoms with Gasteiger partial charge in [-0.3, -0.25) is 4.79 Å². The fourth-order valence-electron chi connectivity index (χ4n) is 3.41. The molecule has 1 amide bonds. The van der Waals surface area contributed by atoms with Crippen molar-refractivity contribution < 1.29 is 14.7 Å². The average Bonchev–Trinajstić information content (AvgIpc) is 3.12. The van der Waals surface area contributed by atoms with Gasteiger partial charge >= 0.3 is 5.97 Å². The zero-order chi connectivity index (χ0) is 16.6. The van der Waals surface area contributed by atoms with Gasteiger partial charge in [-0.05, 0) is 38.0 Å². The normalized spacial score (nSPS) is 19.7. The number of aromatic carboxylic acids is 1. The van der Waals surface area contributed by atoms with E-state index in [0.717, 1.165) is 17.8 Å². The van der Waals surface area contributed by atoms with E-state index < -0.39 is 5.97 Å². The van der Waals surface area contributed by atoms with Crippen molar-refractivity contribution in [1.29, 1.82) is 0 Å². The molecule has 2 heterocycles. The molecule has 1 saturated heterocycles. The second kappa shape index (κ2) is 5.81. The summed E-state index contributed by atoms with van der Waals surface area (Å²) >= 11 is 1.04. The number of carboxylic acids is 1. The van der Waals surface area contributed by atoms with E-state index in [9.17, 15) is 9.59 Å². The minimum atomic E-state index is -0.989. The van der Waals surface area contributed by atoms with Gasteiger partial charge in [0, 0.05) is 18.0 Å². The number of hydrogen-bond acceptors (Lipinski definition) is 3. The molecule has 1 N–H and O–H groups in total. The van der Waals surface area contributed by atoms with Crippen molar-refractivity contribution in [3.05, 3.63) is 57.8 Å². The standard InChI is InChI=1S/C18H19NO3S/c1-18(2)13(12-6-4-3-5-7-12)10-11-19(18)16(20)14-8-9-15(23-14)17(21)22/h3-9,13H,10-11H2,1-2H3,(H,21,22). The molecule has 4 nitrogen and oxygen atoms in total. The Labute approximate surface area is 139 Å². The van der Waals surface area contributed by atoms with Crippen LogP contribution in [0.25, 0.3) is 0 Å². The Balaban J connectivity index is 1.86. The highest BCUT2D eigenvalue weighted by atomic mass is 32.1. The topological polar surface area (TPSA) is 57.6 Å². The fraction of sp³-hybridized carbons (Fsp3) is 0.333. The predicted octanol–water partition coefficient (Wildman–Crippen LogP) is 3.85. The smallest absolute Gasteiger partial charge is 0.345 e. The van der Waals surface area contributed by atoms with Crippen LogP contribution in [-0.2, 0) is 0 Å². The zero-order valence-electron chi connectivity index (χ0n) is 13.2. The van der Waals surface area contributed by atoms with Gasteiger partial charge in [-0.2, -0.15) is 0 Å². The number of rotatable bonds is 3. The van der Waals surface area contributed by atoms with E-state index in [1.54, 1.807) is 6.07 Å². The van der Waals surface area contributed by atoms with Crippen LogP contribution in [0.5, 0.6) is 0 Å². The molecule has 5 heteroatoms. The lowest BCUT2D eigenvalue weighted by atomic mass is 9.83. The van der Waals surface area contributed by atoms with Gasteiger partial charge < -0.3 is 10.0 Å². The molecule has 1 fully saturated rings. The molecule has 1 aromatic carbocycles. The molecule has 2 aromatic rings. The monoisotopic (exact) mass is 329 g/mol. The number of amides is 1. The van der Waals surface area contributed by atoms with Gasteiger partial charge in [0.05, 0.1) is 4.88 Å². The second-order valence-electron chi connectivity index (χ2n) is 6.33. The number of hydrogen-bond donors (Lipinski definition) is 1. The molecular weight excluding hydrogens is 310 g/mol. The Hall–Kier alpha value is -2.14. The molecule has 1 aliphatic rings. The first-order valence-electron chi connectivity index (χ1n) is 7.61. The first-order valence-corrected chi connectivity index (χ1v) is 8.43. The molecule has 0 saturated carbocycles. The summed E-state index contributed by atoms with van der Waals surface area (Å²) in [6, 6.07) is 13.4. The maximum Gasteiger partial charge on any atom is 0.345 e. The minimum Gasteiger partial charge on any atom is -0.477 e. The van der Waals surface area contributed by atoms with E-state index in [-0.39, 0.29) is 22.2 Å². The third-order valence-corrected chi connectivity index (χ3v) is 5.73. The number of carboxylic acid groups (broad SMARTS) is 1. The largest absolute Gasteiger partial charge is 0.477 e.